The van der Waals surface area contributed by atoms with Gasteiger partial charge in [-0.3, -0.25) is 4.72 Å². The van der Waals surface area contributed by atoms with Crippen LogP contribution in [0.4, 0.5) is 0 Å². The van der Waals surface area contributed by atoms with E-state index < -0.39 is 0 Å². The third kappa shape index (κ3) is 2.42. The van der Waals surface area contributed by atoms with Gasteiger partial charge < -0.3 is 0 Å². The first-order valence-electron chi connectivity index (χ1n) is 3.38. The number of rotatable bonds is 3. The zero-order chi connectivity index (χ0) is 7.23. The van der Waals surface area contributed by atoms with E-state index in [9.17, 15) is 0 Å². The summed E-state index contributed by atoms with van der Waals surface area (Å²) in [6, 6.07) is 10.3. The molecule has 1 N–H and O–H groups in total. The summed E-state index contributed by atoms with van der Waals surface area (Å²) in [6.45, 7) is 3.09. The van der Waals surface area contributed by atoms with E-state index in [-0.39, 0.29) is 0 Å². The summed E-state index contributed by atoms with van der Waals surface area (Å²) < 4.78 is 3.18. The minimum Gasteiger partial charge on any atom is -0.260 e. The van der Waals surface area contributed by atoms with Crippen molar-refractivity contribution in [3.63, 3.8) is 0 Å². The summed E-state index contributed by atoms with van der Waals surface area (Å²) in [5.41, 5.74) is 0. The molecular formula is C8H11NS. The van der Waals surface area contributed by atoms with Gasteiger partial charge in [0.25, 0.3) is 0 Å². The van der Waals surface area contributed by atoms with Gasteiger partial charge in [0.05, 0.1) is 0 Å². The van der Waals surface area contributed by atoms with Gasteiger partial charge in [-0.1, -0.05) is 25.1 Å². The van der Waals surface area contributed by atoms with Gasteiger partial charge in [-0.05, 0) is 24.1 Å². The molecule has 10 heavy (non-hydrogen) atoms. The van der Waals surface area contributed by atoms with Crippen LogP contribution in [-0.4, -0.2) is 6.54 Å². The van der Waals surface area contributed by atoms with Crippen LogP contribution >= 0.6 is 11.9 Å². The third-order valence-electron chi connectivity index (χ3n) is 1.08. The topological polar surface area (TPSA) is 12.0 Å². The van der Waals surface area contributed by atoms with Gasteiger partial charge in [-0.2, -0.15) is 0 Å². The van der Waals surface area contributed by atoms with Crippen molar-refractivity contribution in [2.24, 2.45) is 0 Å². The van der Waals surface area contributed by atoms with Gasteiger partial charge in [0, 0.05) is 11.4 Å². The third-order valence-corrected chi connectivity index (χ3v) is 2.02. The number of hydrogen-bond donors (Lipinski definition) is 1. The van der Waals surface area contributed by atoms with Crippen LogP contribution in [0.15, 0.2) is 35.2 Å². The molecule has 1 aromatic rings. The number of benzene rings is 1. The Morgan fingerprint density at radius 3 is 2.60 bits per heavy atom. The highest BCUT2D eigenvalue weighted by Crippen LogP contribution is 2.11. The van der Waals surface area contributed by atoms with Crippen molar-refractivity contribution in [2.45, 2.75) is 11.8 Å². The maximum absolute atomic E-state index is 3.18. The van der Waals surface area contributed by atoms with E-state index in [0.717, 1.165) is 6.54 Å². The summed E-state index contributed by atoms with van der Waals surface area (Å²) in [5.74, 6) is 0. The number of nitrogens with one attached hydrogen (secondary N) is 1. The zero-order valence-corrected chi connectivity index (χ0v) is 6.82. The predicted octanol–water partition coefficient (Wildman–Crippen LogP) is 2.30. The Labute approximate surface area is 66.0 Å². The van der Waals surface area contributed by atoms with Gasteiger partial charge >= 0.3 is 0 Å². The normalized spacial score (nSPS) is 9.70. The standard InChI is InChI=1S/C8H11NS/c1-2-9-10-8-6-4-3-5-7-8/h3-7,9H,2H2,1H3. The van der Waals surface area contributed by atoms with Gasteiger partial charge in [0.2, 0.25) is 0 Å². The predicted molar refractivity (Wildman–Crippen MR) is 46.0 cm³/mol. The van der Waals surface area contributed by atoms with Crippen molar-refractivity contribution >= 4 is 11.9 Å². The molecule has 0 fully saturated rings. The Bertz CT molecular complexity index is 174. The monoisotopic (exact) mass is 153 g/mol. The first kappa shape index (κ1) is 7.63. The van der Waals surface area contributed by atoms with Crippen LogP contribution in [0.1, 0.15) is 6.92 Å². The van der Waals surface area contributed by atoms with Crippen molar-refractivity contribution in [3.8, 4) is 0 Å². The summed E-state index contributed by atoms with van der Waals surface area (Å²) in [4.78, 5) is 1.27. The lowest BCUT2D eigenvalue weighted by Gasteiger charge is -1.98. The average molecular weight is 153 g/mol. The molecule has 0 saturated heterocycles. The molecule has 0 atom stereocenters. The Balaban J connectivity index is 2.43. The lowest BCUT2D eigenvalue weighted by atomic mass is 10.4. The molecule has 0 aliphatic heterocycles. The molecule has 0 aliphatic rings. The fourth-order valence-corrected chi connectivity index (χ4v) is 1.25. The van der Waals surface area contributed by atoms with E-state index >= 15 is 0 Å². The minimum absolute atomic E-state index is 1.000. The second kappa shape index (κ2) is 4.36. The van der Waals surface area contributed by atoms with Crippen LogP contribution in [0.5, 0.6) is 0 Å². The SMILES string of the molecule is CCNSc1ccccc1. The van der Waals surface area contributed by atoms with Crippen molar-refractivity contribution in [1.29, 1.82) is 0 Å². The van der Waals surface area contributed by atoms with Crippen LogP contribution in [-0.2, 0) is 0 Å². The molecule has 0 amide bonds. The van der Waals surface area contributed by atoms with Gasteiger partial charge in [0.15, 0.2) is 0 Å². The molecule has 0 spiro atoms. The Morgan fingerprint density at radius 1 is 1.30 bits per heavy atom. The lowest BCUT2D eigenvalue weighted by Crippen LogP contribution is -1.99. The second-order valence-corrected chi connectivity index (χ2v) is 2.88. The fourth-order valence-electron chi connectivity index (χ4n) is 0.644. The van der Waals surface area contributed by atoms with Gasteiger partial charge in [-0.25, -0.2) is 0 Å². The van der Waals surface area contributed by atoms with Crippen molar-refractivity contribution in [3.05, 3.63) is 30.3 Å². The molecule has 1 aromatic carbocycles. The van der Waals surface area contributed by atoms with Crippen LogP contribution in [0.2, 0.25) is 0 Å². The van der Waals surface area contributed by atoms with E-state index in [2.05, 4.69) is 23.8 Å². The minimum atomic E-state index is 1.000. The Kier molecular flexibility index (Phi) is 3.33. The van der Waals surface area contributed by atoms with E-state index in [0.29, 0.717) is 0 Å². The highest BCUT2D eigenvalue weighted by Gasteiger charge is 1.86. The summed E-state index contributed by atoms with van der Waals surface area (Å²) >= 11 is 1.67. The first-order valence-corrected chi connectivity index (χ1v) is 4.20. The Hall–Kier alpha value is -0.470. The lowest BCUT2D eigenvalue weighted by molar-refractivity contribution is 1.03. The van der Waals surface area contributed by atoms with Crippen molar-refractivity contribution < 1.29 is 0 Å². The highest BCUT2D eigenvalue weighted by molar-refractivity contribution is 7.97. The van der Waals surface area contributed by atoms with Crippen LogP contribution in [0.25, 0.3) is 0 Å². The van der Waals surface area contributed by atoms with Gasteiger partial charge in [-0.15, -0.1) is 0 Å². The molecule has 1 rings (SSSR count). The molecular weight excluding hydrogens is 142 g/mol. The zero-order valence-electron chi connectivity index (χ0n) is 6.00. The molecule has 54 valence electrons. The fraction of sp³-hybridized carbons (Fsp3) is 0.250. The quantitative estimate of drug-likeness (QED) is 0.669. The molecule has 2 heteroatoms. The molecule has 0 aliphatic carbocycles. The largest absolute Gasteiger partial charge is 0.260 e. The van der Waals surface area contributed by atoms with Crippen molar-refractivity contribution in [2.75, 3.05) is 6.54 Å². The highest BCUT2D eigenvalue weighted by atomic mass is 32.2. The average Bonchev–Trinajstić information content (AvgIpc) is 2.03. The second-order valence-electron chi connectivity index (χ2n) is 1.91. The molecule has 0 saturated carbocycles. The maximum Gasteiger partial charge on any atom is 0.0228 e. The van der Waals surface area contributed by atoms with E-state index in [1.54, 1.807) is 11.9 Å². The summed E-state index contributed by atoms with van der Waals surface area (Å²) in [6.07, 6.45) is 0. The first-order chi connectivity index (χ1) is 4.93. The summed E-state index contributed by atoms with van der Waals surface area (Å²) in [7, 11) is 0. The van der Waals surface area contributed by atoms with E-state index in [1.165, 1.54) is 4.90 Å². The molecule has 0 unspecified atom stereocenters. The molecule has 0 aromatic heterocycles. The maximum atomic E-state index is 3.18. The smallest absolute Gasteiger partial charge is 0.0228 e. The van der Waals surface area contributed by atoms with E-state index in [1.807, 2.05) is 18.2 Å². The van der Waals surface area contributed by atoms with Gasteiger partial charge in [0.1, 0.15) is 0 Å². The molecule has 1 nitrogen and oxygen atoms in total. The van der Waals surface area contributed by atoms with E-state index in [4.69, 9.17) is 0 Å². The Morgan fingerprint density at radius 2 is 2.00 bits per heavy atom. The van der Waals surface area contributed by atoms with Crippen LogP contribution in [0, 0.1) is 0 Å². The molecule has 0 radical (unpaired) electrons. The van der Waals surface area contributed by atoms with Crippen LogP contribution in [0.3, 0.4) is 0 Å². The molecule has 0 bridgehead atoms. The van der Waals surface area contributed by atoms with Crippen molar-refractivity contribution in [1.82, 2.24) is 4.72 Å². The molecule has 0 heterocycles. The summed E-state index contributed by atoms with van der Waals surface area (Å²) in [5, 5.41) is 0. The number of hydrogen-bond acceptors (Lipinski definition) is 2. The van der Waals surface area contributed by atoms with Crippen LogP contribution < -0.4 is 4.72 Å².